The molecule has 3 saturated heterocycles. The predicted octanol–water partition coefficient (Wildman–Crippen LogP) is 7.87. The van der Waals surface area contributed by atoms with E-state index in [4.69, 9.17) is 9.26 Å². The Morgan fingerprint density at radius 2 is 1.71 bits per heavy atom. The summed E-state index contributed by atoms with van der Waals surface area (Å²) in [6.07, 6.45) is 4.57. The molecule has 3 aliphatic heterocycles. The molecule has 310 valence electrons. The normalized spacial score (nSPS) is 23.9. The minimum atomic E-state index is -4.45. The van der Waals surface area contributed by atoms with Gasteiger partial charge < -0.3 is 24.4 Å². The molecule has 1 unspecified atom stereocenters. The zero-order chi connectivity index (χ0) is 41.7. The topological polar surface area (TPSA) is 158 Å². The number of alkyl halides is 1. The molecule has 2 N–H and O–H groups in total. The third-order valence-corrected chi connectivity index (χ3v) is 14.7. The van der Waals surface area contributed by atoms with E-state index in [1.165, 1.54) is 42.5 Å². The van der Waals surface area contributed by atoms with Crippen LogP contribution in [0.2, 0.25) is 0 Å². The van der Waals surface area contributed by atoms with E-state index in [9.17, 15) is 29.0 Å². The molecule has 15 heteroatoms. The second-order valence-electron chi connectivity index (χ2n) is 15.6. The van der Waals surface area contributed by atoms with Crippen LogP contribution in [-0.2, 0) is 23.7 Å². The molecule has 4 aromatic rings. The van der Waals surface area contributed by atoms with Crippen LogP contribution >= 0.6 is 18.9 Å². The molecule has 8 atom stereocenters. The third kappa shape index (κ3) is 9.23. The van der Waals surface area contributed by atoms with E-state index in [0.717, 1.165) is 24.8 Å². The minimum absolute atomic E-state index is 0.0170. The van der Waals surface area contributed by atoms with Gasteiger partial charge in [-0.25, -0.2) is 9.48 Å². The summed E-state index contributed by atoms with van der Waals surface area (Å²) in [5, 5.41) is 16.0. The van der Waals surface area contributed by atoms with Crippen molar-refractivity contribution >= 4 is 52.6 Å². The molecule has 0 bridgehead atoms. The van der Waals surface area contributed by atoms with Crippen molar-refractivity contribution in [3.63, 3.8) is 0 Å². The van der Waals surface area contributed by atoms with Gasteiger partial charge in [-0.3, -0.25) is 23.7 Å². The Morgan fingerprint density at radius 3 is 2.44 bits per heavy atom. The first-order valence-electron chi connectivity index (χ1n) is 20.3. The number of carbonyl (C=O) groups excluding carboxylic acids is 4. The maximum absolute atomic E-state index is 16.5. The first-order chi connectivity index (χ1) is 28.5. The number of fused-ring (bicyclic) bond motifs is 2. The summed E-state index contributed by atoms with van der Waals surface area (Å²) in [5.41, 5.74) is 1.03. The van der Waals surface area contributed by atoms with Crippen LogP contribution in [0.1, 0.15) is 91.4 Å². The number of rotatable bonds is 13. The van der Waals surface area contributed by atoms with Crippen LogP contribution in [0.4, 0.5) is 4.39 Å². The summed E-state index contributed by atoms with van der Waals surface area (Å²) in [7, 11) is -4.45. The highest BCUT2D eigenvalue weighted by molar-refractivity contribution is 7.57. The molecule has 0 radical (unpaired) electrons. The van der Waals surface area contributed by atoms with Gasteiger partial charge in [-0.15, -0.1) is 11.3 Å². The van der Waals surface area contributed by atoms with E-state index < -0.39 is 43.4 Å². The van der Waals surface area contributed by atoms with E-state index in [1.807, 2.05) is 37.3 Å². The molecule has 59 heavy (non-hydrogen) atoms. The van der Waals surface area contributed by atoms with Crippen LogP contribution < -0.4 is 14.9 Å². The highest BCUT2D eigenvalue weighted by Crippen LogP contribution is 2.58. The maximum Gasteiger partial charge on any atom is 0.355 e. The standard InChI is InChI=1S/C44H49FN5O7PS/c1-3-22-56-44(54)28(2)48-58(55,57-34-15-8-5-9-16-34)40(45)30-18-21-38-31(23-30)24-39(59-38)41(51)47-36-17-11-10-14-33-19-20-37(50(33)42(36)52)43(53)49-26-32(25-46)35(27-49)29-12-6-4-7-13-29/h4-9,12-13,15-16,18,21,23-24,28,32-33,35-37,40H,3,10-11,14,17,19-20,22,26-27H2,1-2H3,(H,47,51)(H,48,55)/t28-,32-,33-,35+,36-,37-,40-,58?/m0/s1. The summed E-state index contributed by atoms with van der Waals surface area (Å²) in [5.74, 6) is -4.11. The smallest absolute Gasteiger partial charge is 0.355 e. The van der Waals surface area contributed by atoms with Crippen molar-refractivity contribution < 1.29 is 37.4 Å². The zero-order valence-corrected chi connectivity index (χ0v) is 34.8. The number of benzene rings is 3. The van der Waals surface area contributed by atoms with Crippen molar-refractivity contribution in [3.05, 3.63) is 101 Å². The van der Waals surface area contributed by atoms with E-state index in [0.29, 0.717) is 53.7 Å². The molecule has 12 nitrogen and oxygen atoms in total. The fourth-order valence-corrected chi connectivity index (χ4v) is 11.3. The fourth-order valence-electron chi connectivity index (χ4n) is 8.45. The monoisotopic (exact) mass is 841 g/mol. The van der Waals surface area contributed by atoms with Crippen molar-refractivity contribution in [1.29, 1.82) is 5.26 Å². The van der Waals surface area contributed by atoms with Crippen LogP contribution in [0.5, 0.6) is 5.75 Å². The second-order valence-corrected chi connectivity index (χ2v) is 18.7. The number of nitriles is 1. The van der Waals surface area contributed by atoms with Crippen LogP contribution in [0, 0.1) is 17.2 Å². The van der Waals surface area contributed by atoms with Gasteiger partial charge >= 0.3 is 13.5 Å². The lowest BCUT2D eigenvalue weighted by molar-refractivity contribution is -0.146. The van der Waals surface area contributed by atoms with Crippen molar-refractivity contribution in [1.82, 2.24) is 20.2 Å². The van der Waals surface area contributed by atoms with Gasteiger partial charge in [-0.05, 0) is 85.9 Å². The van der Waals surface area contributed by atoms with Crippen molar-refractivity contribution in [2.75, 3.05) is 19.7 Å². The first kappa shape index (κ1) is 42.0. The van der Waals surface area contributed by atoms with Crippen LogP contribution in [0.25, 0.3) is 10.1 Å². The lowest BCUT2D eigenvalue weighted by atomic mass is 9.90. The van der Waals surface area contributed by atoms with Crippen molar-refractivity contribution in [2.24, 2.45) is 5.92 Å². The molecule has 4 heterocycles. The average molecular weight is 842 g/mol. The predicted molar refractivity (Wildman–Crippen MR) is 222 cm³/mol. The lowest BCUT2D eigenvalue weighted by Crippen LogP contribution is -2.56. The van der Waals surface area contributed by atoms with Crippen molar-refractivity contribution in [3.8, 4) is 11.8 Å². The number of hydrogen-bond donors (Lipinski definition) is 2. The SMILES string of the molecule is CCCOC(=O)[C@H](C)NP(=O)(Oc1ccccc1)[C@H](F)c1ccc2sc(C(=O)N[C@H]3CCCC[C@H]4CC[C@@H](C(=O)N5C[C@H](c6ccccc6)[C@@H](C#N)C5)N4C3=O)cc2c1. The number of esters is 1. The highest BCUT2D eigenvalue weighted by atomic mass is 32.1. The Hall–Kier alpha value is -5.09. The number of amides is 3. The first-order valence-corrected chi connectivity index (χ1v) is 22.8. The minimum Gasteiger partial charge on any atom is -0.465 e. The van der Waals surface area contributed by atoms with Crippen LogP contribution in [-0.4, -0.2) is 77.4 Å². The Kier molecular flexibility index (Phi) is 13.1. The second kappa shape index (κ2) is 18.4. The quantitative estimate of drug-likeness (QED) is 0.101. The number of nitrogens with one attached hydrogen (secondary N) is 2. The number of para-hydroxylation sites is 1. The number of thiophene rings is 1. The number of carbonyl (C=O) groups is 4. The van der Waals surface area contributed by atoms with Gasteiger partial charge in [0.2, 0.25) is 17.7 Å². The molecule has 0 spiro atoms. The molecule has 7 rings (SSSR count). The molecule has 3 aliphatic rings. The van der Waals surface area contributed by atoms with Gasteiger partial charge in [0.15, 0.2) is 0 Å². The van der Waals surface area contributed by atoms with E-state index in [2.05, 4.69) is 16.5 Å². The van der Waals surface area contributed by atoms with E-state index in [-0.39, 0.29) is 47.6 Å². The van der Waals surface area contributed by atoms with Crippen LogP contribution in [0.15, 0.2) is 84.9 Å². The number of nitrogens with zero attached hydrogens (tertiary/aromatic N) is 3. The Bertz CT molecular complexity index is 2250. The summed E-state index contributed by atoms with van der Waals surface area (Å²) in [6, 6.07) is 23.7. The van der Waals surface area contributed by atoms with Crippen molar-refractivity contribution in [2.45, 2.75) is 94.8 Å². The Labute approximate surface area is 347 Å². The Balaban J connectivity index is 1.07. The number of hydrogen-bond acceptors (Lipinski definition) is 9. The molecule has 3 amide bonds. The molecule has 1 aromatic heterocycles. The number of halogens is 1. The van der Waals surface area contributed by atoms with Gasteiger partial charge in [-0.1, -0.05) is 74.4 Å². The summed E-state index contributed by atoms with van der Waals surface area (Å²) in [6.45, 7) is 4.13. The summed E-state index contributed by atoms with van der Waals surface area (Å²) in [4.78, 5) is 58.7. The number of ether oxygens (including phenoxy) is 1. The number of likely N-dealkylation sites (tertiary alicyclic amines) is 1. The molecule has 0 aliphatic carbocycles. The van der Waals surface area contributed by atoms with Gasteiger partial charge in [0, 0.05) is 29.7 Å². The highest BCUT2D eigenvalue weighted by Gasteiger charge is 2.47. The van der Waals surface area contributed by atoms with Gasteiger partial charge in [-0.2, -0.15) is 5.26 Å². The average Bonchev–Trinajstić information content (AvgIpc) is 4.00. The molecule has 0 saturated carbocycles. The van der Waals surface area contributed by atoms with Crippen LogP contribution in [0.3, 0.4) is 0 Å². The molecular formula is C44H49FN5O7PS. The summed E-state index contributed by atoms with van der Waals surface area (Å²) >= 11 is 1.18. The van der Waals surface area contributed by atoms with E-state index >= 15 is 4.39 Å². The van der Waals surface area contributed by atoms with Gasteiger partial charge in [0.25, 0.3) is 5.91 Å². The fraction of sp³-hybridized carbons (Fsp3) is 0.432. The molecule has 3 aromatic carbocycles. The largest absolute Gasteiger partial charge is 0.465 e. The molecule has 3 fully saturated rings. The van der Waals surface area contributed by atoms with E-state index in [1.54, 1.807) is 40.1 Å². The zero-order valence-electron chi connectivity index (χ0n) is 33.1. The Morgan fingerprint density at radius 1 is 0.983 bits per heavy atom. The summed E-state index contributed by atoms with van der Waals surface area (Å²) < 4.78 is 42.4. The lowest BCUT2D eigenvalue weighted by Gasteiger charge is -2.36. The van der Waals surface area contributed by atoms with Gasteiger partial charge in [0.05, 0.1) is 23.5 Å². The third-order valence-electron chi connectivity index (χ3n) is 11.4. The van der Waals surface area contributed by atoms with Gasteiger partial charge in [0.1, 0.15) is 23.9 Å². The molecular weight excluding hydrogens is 793 g/mol. The maximum atomic E-state index is 16.5.